The molecule has 1 N–H and O–H groups in total. The van der Waals surface area contributed by atoms with E-state index in [9.17, 15) is 9.90 Å². The number of carbonyl (C=O) groups is 1. The number of carbonyl (C=O) groups excluding carboxylic acids is 1. The minimum absolute atomic E-state index is 0.243. The summed E-state index contributed by atoms with van der Waals surface area (Å²) in [5.41, 5.74) is 0. The summed E-state index contributed by atoms with van der Waals surface area (Å²) in [6, 6.07) is 0.768. The van der Waals surface area contributed by atoms with Gasteiger partial charge in [0.25, 0.3) is 0 Å². The number of aliphatic hydroxyl groups excluding tert-OH is 1. The van der Waals surface area contributed by atoms with Crippen molar-refractivity contribution in [2.24, 2.45) is 11.8 Å². The van der Waals surface area contributed by atoms with Crippen LogP contribution in [0, 0.1) is 11.8 Å². The van der Waals surface area contributed by atoms with E-state index in [-0.39, 0.29) is 6.61 Å². The molecule has 3 atom stereocenters. The largest absolute Gasteiger partial charge is 0.396 e. The average Bonchev–Trinajstić information content (AvgIpc) is 2.72. The normalized spacial score (nSPS) is 34.1. The van der Waals surface area contributed by atoms with E-state index in [1.54, 1.807) is 0 Å². The maximum atomic E-state index is 12.0. The first kappa shape index (κ1) is 10.9. The van der Waals surface area contributed by atoms with Gasteiger partial charge in [-0.1, -0.05) is 13.8 Å². The smallest absolute Gasteiger partial charge is 0.223 e. The lowest BCUT2D eigenvalue weighted by molar-refractivity contribution is -0.133. The minimum Gasteiger partial charge on any atom is -0.396 e. The SMILES string of the molecule is CC(C)CC(=O)N1C2CCC1C(CO)C2. The molecular formula is C12H21NO2. The lowest BCUT2D eigenvalue weighted by Gasteiger charge is -2.24. The Kier molecular flexibility index (Phi) is 3.01. The lowest BCUT2D eigenvalue weighted by atomic mass is 9.90. The monoisotopic (exact) mass is 211 g/mol. The Bertz CT molecular complexity index is 252. The van der Waals surface area contributed by atoms with Crippen LogP contribution in [0.5, 0.6) is 0 Å². The van der Waals surface area contributed by atoms with Gasteiger partial charge in [0.05, 0.1) is 0 Å². The molecule has 0 aromatic heterocycles. The van der Waals surface area contributed by atoms with Crippen molar-refractivity contribution in [1.29, 1.82) is 0 Å². The summed E-state index contributed by atoms with van der Waals surface area (Å²) in [5, 5.41) is 9.23. The molecule has 86 valence electrons. The third-order valence-electron chi connectivity index (χ3n) is 3.77. The molecule has 3 nitrogen and oxygen atoms in total. The third-order valence-corrected chi connectivity index (χ3v) is 3.77. The molecule has 2 aliphatic rings. The molecule has 2 aliphatic heterocycles. The highest BCUT2D eigenvalue weighted by atomic mass is 16.3. The molecule has 0 aromatic rings. The molecule has 0 radical (unpaired) electrons. The van der Waals surface area contributed by atoms with E-state index < -0.39 is 0 Å². The Morgan fingerprint density at radius 2 is 2.20 bits per heavy atom. The summed E-state index contributed by atoms with van der Waals surface area (Å²) < 4.78 is 0. The van der Waals surface area contributed by atoms with Gasteiger partial charge in [-0.2, -0.15) is 0 Å². The first-order valence-corrected chi connectivity index (χ1v) is 6.05. The van der Waals surface area contributed by atoms with Gasteiger partial charge in [0.15, 0.2) is 0 Å². The van der Waals surface area contributed by atoms with Gasteiger partial charge >= 0.3 is 0 Å². The summed E-state index contributed by atoms with van der Waals surface area (Å²) in [7, 11) is 0. The summed E-state index contributed by atoms with van der Waals surface area (Å²) in [4.78, 5) is 14.1. The highest BCUT2D eigenvalue weighted by Crippen LogP contribution is 2.41. The molecule has 2 bridgehead atoms. The van der Waals surface area contributed by atoms with Gasteiger partial charge in [-0.25, -0.2) is 0 Å². The summed E-state index contributed by atoms with van der Waals surface area (Å²) >= 11 is 0. The Balaban J connectivity index is 2.02. The minimum atomic E-state index is 0.243. The van der Waals surface area contributed by atoms with E-state index >= 15 is 0 Å². The van der Waals surface area contributed by atoms with Gasteiger partial charge in [-0.3, -0.25) is 4.79 Å². The number of fused-ring (bicyclic) bond motifs is 2. The van der Waals surface area contributed by atoms with Crippen molar-refractivity contribution in [2.75, 3.05) is 6.61 Å². The predicted molar refractivity (Wildman–Crippen MR) is 58.3 cm³/mol. The molecule has 2 heterocycles. The Morgan fingerprint density at radius 1 is 1.47 bits per heavy atom. The van der Waals surface area contributed by atoms with Crippen molar-refractivity contribution in [1.82, 2.24) is 4.90 Å². The Morgan fingerprint density at radius 3 is 2.73 bits per heavy atom. The number of rotatable bonds is 3. The number of amides is 1. The fourth-order valence-electron chi connectivity index (χ4n) is 3.15. The van der Waals surface area contributed by atoms with Crippen LogP contribution in [0.4, 0.5) is 0 Å². The van der Waals surface area contributed by atoms with Gasteiger partial charge in [0.2, 0.25) is 5.91 Å². The van der Waals surface area contributed by atoms with E-state index in [4.69, 9.17) is 0 Å². The van der Waals surface area contributed by atoms with Gasteiger partial charge in [-0.05, 0) is 25.2 Å². The molecule has 1 amide bonds. The maximum absolute atomic E-state index is 12.0. The highest BCUT2D eigenvalue weighted by molar-refractivity contribution is 5.77. The van der Waals surface area contributed by atoms with Crippen LogP contribution in [0.25, 0.3) is 0 Å². The zero-order valence-corrected chi connectivity index (χ0v) is 9.65. The predicted octanol–water partition coefficient (Wildman–Crippen LogP) is 1.40. The van der Waals surface area contributed by atoms with E-state index in [0.29, 0.717) is 36.2 Å². The average molecular weight is 211 g/mol. The molecule has 2 saturated heterocycles. The number of hydrogen-bond acceptors (Lipinski definition) is 2. The second-order valence-corrected chi connectivity index (χ2v) is 5.38. The Hall–Kier alpha value is -0.570. The van der Waals surface area contributed by atoms with Crippen LogP contribution in [0.2, 0.25) is 0 Å². The first-order valence-electron chi connectivity index (χ1n) is 6.05. The van der Waals surface area contributed by atoms with Crippen molar-refractivity contribution >= 4 is 5.91 Å². The van der Waals surface area contributed by atoms with Crippen molar-refractivity contribution < 1.29 is 9.90 Å². The topological polar surface area (TPSA) is 40.5 Å². The third kappa shape index (κ3) is 1.89. The summed E-state index contributed by atoms with van der Waals surface area (Å²) in [6.45, 7) is 4.41. The Labute approximate surface area is 91.5 Å². The molecule has 0 aliphatic carbocycles. The van der Waals surface area contributed by atoms with Crippen LogP contribution in [0.3, 0.4) is 0 Å². The second-order valence-electron chi connectivity index (χ2n) is 5.38. The fourth-order valence-corrected chi connectivity index (χ4v) is 3.15. The zero-order valence-electron chi connectivity index (χ0n) is 9.65. The molecule has 3 unspecified atom stereocenters. The van der Waals surface area contributed by atoms with Gasteiger partial charge < -0.3 is 10.0 Å². The fraction of sp³-hybridized carbons (Fsp3) is 0.917. The van der Waals surface area contributed by atoms with E-state index in [1.165, 1.54) is 0 Å². The number of nitrogens with zero attached hydrogens (tertiary/aromatic N) is 1. The van der Waals surface area contributed by atoms with Crippen LogP contribution < -0.4 is 0 Å². The molecule has 2 fully saturated rings. The maximum Gasteiger partial charge on any atom is 0.223 e. The lowest BCUT2D eigenvalue weighted by Crippen LogP contribution is -2.37. The zero-order chi connectivity index (χ0) is 11.0. The molecule has 0 aromatic carbocycles. The van der Waals surface area contributed by atoms with Crippen molar-refractivity contribution in [3.63, 3.8) is 0 Å². The quantitative estimate of drug-likeness (QED) is 0.766. The number of hydrogen-bond donors (Lipinski definition) is 1. The van der Waals surface area contributed by atoms with Gasteiger partial charge in [0, 0.05) is 31.0 Å². The number of aliphatic hydroxyl groups is 1. The van der Waals surface area contributed by atoms with Crippen molar-refractivity contribution in [2.45, 2.75) is 51.6 Å². The molecule has 3 heteroatoms. The van der Waals surface area contributed by atoms with Crippen LogP contribution in [0.15, 0.2) is 0 Å². The molecular weight excluding hydrogens is 190 g/mol. The van der Waals surface area contributed by atoms with Crippen molar-refractivity contribution in [3.8, 4) is 0 Å². The van der Waals surface area contributed by atoms with Crippen molar-refractivity contribution in [3.05, 3.63) is 0 Å². The molecule has 15 heavy (non-hydrogen) atoms. The van der Waals surface area contributed by atoms with Crippen LogP contribution in [-0.4, -0.2) is 34.6 Å². The summed E-state index contributed by atoms with van der Waals surface area (Å²) in [5.74, 6) is 1.08. The van der Waals surface area contributed by atoms with E-state index in [2.05, 4.69) is 18.7 Å². The van der Waals surface area contributed by atoms with E-state index in [1.807, 2.05) is 0 Å². The molecule has 0 saturated carbocycles. The second kappa shape index (κ2) is 4.12. The van der Waals surface area contributed by atoms with Gasteiger partial charge in [-0.15, -0.1) is 0 Å². The standard InChI is InChI=1S/C12H21NO2/c1-8(2)5-12(15)13-10-3-4-11(13)9(6-10)7-14/h8-11,14H,3-7H2,1-2H3. The van der Waals surface area contributed by atoms with Crippen LogP contribution >= 0.6 is 0 Å². The van der Waals surface area contributed by atoms with Crippen LogP contribution in [-0.2, 0) is 4.79 Å². The van der Waals surface area contributed by atoms with E-state index in [0.717, 1.165) is 19.3 Å². The van der Waals surface area contributed by atoms with Gasteiger partial charge in [0.1, 0.15) is 0 Å². The summed E-state index contributed by atoms with van der Waals surface area (Å²) in [6.07, 6.45) is 3.92. The molecule has 0 spiro atoms. The van der Waals surface area contributed by atoms with Crippen LogP contribution in [0.1, 0.15) is 39.5 Å². The first-order chi connectivity index (χ1) is 7.13. The highest BCUT2D eigenvalue weighted by Gasteiger charge is 2.47. The molecule has 2 rings (SSSR count).